The lowest BCUT2D eigenvalue weighted by atomic mass is 9.77. The molecule has 0 aromatic heterocycles. The predicted molar refractivity (Wildman–Crippen MR) is 123 cm³/mol. The highest BCUT2D eigenvalue weighted by Crippen LogP contribution is 2.50. The molecule has 0 amide bonds. The molecule has 0 fully saturated rings. The summed E-state index contributed by atoms with van der Waals surface area (Å²) in [7, 11) is -2.19. The molecular formula is C25H23FN2O3S. The lowest BCUT2D eigenvalue weighted by Crippen LogP contribution is -2.29. The number of halogens is 1. The largest absolute Gasteiger partial charge is 0.497 e. The van der Waals surface area contributed by atoms with E-state index in [0.717, 1.165) is 23.2 Å². The second-order valence-corrected chi connectivity index (χ2v) is 9.79. The van der Waals surface area contributed by atoms with Gasteiger partial charge in [0.1, 0.15) is 11.6 Å². The fourth-order valence-corrected chi connectivity index (χ4v) is 5.71. The summed E-state index contributed by atoms with van der Waals surface area (Å²) in [5, 5.41) is 3.55. The van der Waals surface area contributed by atoms with Crippen molar-refractivity contribution in [1.82, 2.24) is 0 Å². The molecule has 2 aliphatic rings. The number of ether oxygens (including phenoxy) is 1. The van der Waals surface area contributed by atoms with Gasteiger partial charge in [0.15, 0.2) is 0 Å². The van der Waals surface area contributed by atoms with E-state index in [1.165, 1.54) is 12.1 Å². The Bertz CT molecular complexity index is 1270. The van der Waals surface area contributed by atoms with Crippen LogP contribution in [0.5, 0.6) is 5.75 Å². The smallest absolute Gasteiger partial charge is 0.261 e. The standard InChI is InChI=1S/C25H23FN2O3S/c1-31-19-11-9-18(10-12-19)28-32(29,30)20-13-14-24-23(15-20)21-3-2-4-22(21)25(27-24)16-5-7-17(26)8-6-16/h2-3,5-15,21-22,25,27-28H,4H2,1H3/t21-,22+,25-/m1/s1. The first-order valence-corrected chi connectivity index (χ1v) is 11.9. The second kappa shape index (κ2) is 7.98. The van der Waals surface area contributed by atoms with Gasteiger partial charge in [0, 0.05) is 17.3 Å². The van der Waals surface area contributed by atoms with Crippen LogP contribution in [0.2, 0.25) is 0 Å². The Morgan fingerprint density at radius 1 is 1.03 bits per heavy atom. The summed E-state index contributed by atoms with van der Waals surface area (Å²) >= 11 is 0. The van der Waals surface area contributed by atoms with Crippen molar-refractivity contribution in [1.29, 1.82) is 0 Å². The van der Waals surface area contributed by atoms with Gasteiger partial charge in [-0.05, 0) is 78.1 Å². The van der Waals surface area contributed by atoms with E-state index in [0.29, 0.717) is 11.4 Å². The molecule has 3 aromatic rings. The lowest BCUT2D eigenvalue weighted by Gasteiger charge is -2.37. The number of hydrogen-bond acceptors (Lipinski definition) is 4. The van der Waals surface area contributed by atoms with E-state index >= 15 is 0 Å². The Morgan fingerprint density at radius 3 is 2.50 bits per heavy atom. The maximum absolute atomic E-state index is 13.4. The number of hydrogen-bond donors (Lipinski definition) is 2. The van der Waals surface area contributed by atoms with E-state index in [-0.39, 0.29) is 28.6 Å². The van der Waals surface area contributed by atoms with E-state index < -0.39 is 10.0 Å². The third-order valence-electron chi connectivity index (χ3n) is 6.22. The van der Waals surface area contributed by atoms with Crippen molar-refractivity contribution in [2.24, 2.45) is 5.92 Å². The lowest BCUT2D eigenvalue weighted by molar-refractivity contribution is 0.415. The van der Waals surface area contributed by atoms with Crippen LogP contribution in [0.3, 0.4) is 0 Å². The maximum atomic E-state index is 13.4. The van der Waals surface area contributed by atoms with Gasteiger partial charge in [-0.2, -0.15) is 0 Å². The average molecular weight is 451 g/mol. The third kappa shape index (κ3) is 3.73. The summed E-state index contributed by atoms with van der Waals surface area (Å²) in [5.74, 6) is 0.728. The van der Waals surface area contributed by atoms with Gasteiger partial charge >= 0.3 is 0 Å². The van der Waals surface area contributed by atoms with Crippen LogP contribution in [0.25, 0.3) is 0 Å². The van der Waals surface area contributed by atoms with Crippen LogP contribution in [-0.2, 0) is 10.0 Å². The van der Waals surface area contributed by atoms with E-state index in [2.05, 4.69) is 22.2 Å². The molecular weight excluding hydrogens is 427 g/mol. The second-order valence-electron chi connectivity index (χ2n) is 8.11. The van der Waals surface area contributed by atoms with Crippen LogP contribution in [0.4, 0.5) is 15.8 Å². The van der Waals surface area contributed by atoms with Crippen molar-refractivity contribution in [3.8, 4) is 5.75 Å². The highest BCUT2D eigenvalue weighted by atomic mass is 32.2. The Hall–Kier alpha value is -3.32. The third-order valence-corrected chi connectivity index (χ3v) is 7.59. The highest BCUT2D eigenvalue weighted by Gasteiger charge is 2.38. The first kappa shape index (κ1) is 20.6. The molecule has 3 aromatic carbocycles. The van der Waals surface area contributed by atoms with Gasteiger partial charge in [0.25, 0.3) is 10.0 Å². The van der Waals surface area contributed by atoms with Gasteiger partial charge in [-0.3, -0.25) is 4.72 Å². The molecule has 0 spiro atoms. The quantitative estimate of drug-likeness (QED) is 0.507. The van der Waals surface area contributed by atoms with Crippen molar-refractivity contribution >= 4 is 21.4 Å². The molecule has 1 aliphatic carbocycles. The maximum Gasteiger partial charge on any atom is 0.261 e. The van der Waals surface area contributed by atoms with Gasteiger partial charge in [-0.15, -0.1) is 0 Å². The fourth-order valence-electron chi connectivity index (χ4n) is 4.61. The first-order chi connectivity index (χ1) is 15.4. The zero-order chi connectivity index (χ0) is 22.3. The SMILES string of the molecule is COc1ccc(NS(=O)(=O)c2ccc3c(c2)[C@@H]2C=CC[C@@H]2[C@@H](c2ccc(F)cc2)N3)cc1. The topological polar surface area (TPSA) is 67.4 Å². The molecule has 0 radical (unpaired) electrons. The van der Waals surface area contributed by atoms with Crippen LogP contribution in [0, 0.1) is 11.7 Å². The van der Waals surface area contributed by atoms with Crippen LogP contribution in [0.1, 0.15) is 29.5 Å². The number of allylic oxidation sites excluding steroid dienone is 2. The van der Waals surface area contributed by atoms with Gasteiger partial charge in [-0.25, -0.2) is 12.8 Å². The average Bonchev–Trinajstić information content (AvgIpc) is 3.29. The molecule has 0 saturated heterocycles. The summed E-state index contributed by atoms with van der Waals surface area (Å²) in [6.07, 6.45) is 5.16. The molecule has 0 unspecified atom stereocenters. The van der Waals surface area contributed by atoms with E-state index in [1.54, 1.807) is 43.5 Å². The van der Waals surface area contributed by atoms with Crippen molar-refractivity contribution in [2.45, 2.75) is 23.3 Å². The molecule has 0 bridgehead atoms. The van der Waals surface area contributed by atoms with Gasteiger partial charge in [0.2, 0.25) is 0 Å². The molecule has 5 rings (SSSR count). The van der Waals surface area contributed by atoms with Crippen molar-refractivity contribution in [3.63, 3.8) is 0 Å². The van der Waals surface area contributed by atoms with Crippen molar-refractivity contribution in [2.75, 3.05) is 17.1 Å². The van der Waals surface area contributed by atoms with Crippen LogP contribution >= 0.6 is 0 Å². The molecule has 0 saturated carbocycles. The van der Waals surface area contributed by atoms with E-state index in [4.69, 9.17) is 4.74 Å². The van der Waals surface area contributed by atoms with Crippen LogP contribution in [-0.4, -0.2) is 15.5 Å². The van der Waals surface area contributed by atoms with Crippen molar-refractivity contribution in [3.05, 3.63) is 95.8 Å². The zero-order valence-corrected chi connectivity index (χ0v) is 18.3. The van der Waals surface area contributed by atoms with E-state index in [9.17, 15) is 12.8 Å². The fraction of sp³-hybridized carbons (Fsp3) is 0.200. The summed E-state index contributed by atoms with van der Waals surface area (Å²) < 4.78 is 47.2. The molecule has 1 aliphatic heterocycles. The molecule has 2 N–H and O–H groups in total. The van der Waals surface area contributed by atoms with Gasteiger partial charge < -0.3 is 10.1 Å². The number of sulfonamides is 1. The zero-order valence-electron chi connectivity index (χ0n) is 17.5. The number of benzene rings is 3. The Labute approximate surface area is 187 Å². The first-order valence-electron chi connectivity index (χ1n) is 10.4. The number of rotatable bonds is 5. The van der Waals surface area contributed by atoms with Crippen LogP contribution in [0.15, 0.2) is 83.8 Å². The minimum atomic E-state index is -3.75. The minimum absolute atomic E-state index is 0.0305. The molecule has 5 nitrogen and oxygen atoms in total. The molecule has 1 heterocycles. The van der Waals surface area contributed by atoms with E-state index in [1.807, 2.05) is 18.2 Å². The van der Waals surface area contributed by atoms with Gasteiger partial charge in [-0.1, -0.05) is 24.3 Å². The van der Waals surface area contributed by atoms with Crippen molar-refractivity contribution < 1.29 is 17.5 Å². The molecule has 164 valence electrons. The monoisotopic (exact) mass is 450 g/mol. The van der Waals surface area contributed by atoms with Crippen LogP contribution < -0.4 is 14.8 Å². The number of nitrogens with one attached hydrogen (secondary N) is 2. The molecule has 3 atom stereocenters. The predicted octanol–water partition coefficient (Wildman–Crippen LogP) is 5.46. The normalized spacial score (nSPS) is 21.4. The summed E-state index contributed by atoms with van der Waals surface area (Å²) in [6, 6.07) is 18.5. The minimum Gasteiger partial charge on any atom is -0.497 e. The summed E-state index contributed by atoms with van der Waals surface area (Å²) in [5.41, 5.74) is 3.35. The summed E-state index contributed by atoms with van der Waals surface area (Å²) in [6.45, 7) is 0. The number of fused-ring (bicyclic) bond motifs is 3. The number of methoxy groups -OCH3 is 1. The Morgan fingerprint density at radius 2 is 1.78 bits per heavy atom. The highest BCUT2D eigenvalue weighted by molar-refractivity contribution is 7.92. The Kier molecular flexibility index (Phi) is 5.13. The summed E-state index contributed by atoms with van der Waals surface area (Å²) in [4.78, 5) is 0.216. The molecule has 32 heavy (non-hydrogen) atoms. The van der Waals surface area contributed by atoms with Gasteiger partial charge in [0.05, 0.1) is 18.0 Å². The molecule has 7 heteroatoms. The Balaban J connectivity index is 1.46. The number of anilines is 2.